The molecule has 0 radical (unpaired) electrons. The van der Waals surface area contributed by atoms with E-state index < -0.39 is 4.92 Å². The number of benzene rings is 2. The van der Waals surface area contributed by atoms with Crippen LogP contribution in [0.3, 0.4) is 0 Å². The number of nitro benzene ring substituents is 1. The quantitative estimate of drug-likeness (QED) is 0.579. The number of non-ortho nitro benzene ring substituents is 1. The Morgan fingerprint density at radius 3 is 2.69 bits per heavy atom. The Hall–Kier alpha value is -2.77. The molecule has 1 aliphatic heterocycles. The van der Waals surface area contributed by atoms with Gasteiger partial charge in [-0.15, -0.1) is 0 Å². The van der Waals surface area contributed by atoms with Gasteiger partial charge in [0, 0.05) is 18.7 Å². The number of carbonyl (C=O) groups excluding carboxylic acids is 1. The van der Waals surface area contributed by atoms with Crippen molar-refractivity contribution in [2.24, 2.45) is 5.92 Å². The van der Waals surface area contributed by atoms with Crippen LogP contribution in [-0.4, -0.2) is 17.4 Å². The summed E-state index contributed by atoms with van der Waals surface area (Å²) >= 11 is 0. The first kappa shape index (κ1) is 16.7. The van der Waals surface area contributed by atoms with Gasteiger partial charge in [0.05, 0.1) is 22.9 Å². The fourth-order valence-electron chi connectivity index (χ4n) is 3.85. The zero-order valence-electron chi connectivity index (χ0n) is 14.1. The summed E-state index contributed by atoms with van der Waals surface area (Å²) < 4.78 is 0. The van der Waals surface area contributed by atoms with Crippen LogP contribution < -0.4 is 16.2 Å². The van der Waals surface area contributed by atoms with Gasteiger partial charge >= 0.3 is 0 Å². The molecule has 7 heteroatoms. The Balaban J connectivity index is 1.48. The molecule has 3 atom stereocenters. The minimum Gasteiger partial charge on any atom is -0.349 e. The molecule has 1 saturated heterocycles. The lowest BCUT2D eigenvalue weighted by molar-refractivity contribution is -0.384. The van der Waals surface area contributed by atoms with E-state index in [1.807, 2.05) is 12.1 Å². The molecule has 2 aromatic carbocycles. The molecule has 134 valence electrons. The molecule has 2 aromatic rings. The Labute approximate surface area is 150 Å². The summed E-state index contributed by atoms with van der Waals surface area (Å²) in [4.78, 5) is 23.3. The molecule has 0 spiro atoms. The molecule has 0 bridgehead atoms. The fraction of sp³-hybridized carbons (Fsp3) is 0.316. The van der Waals surface area contributed by atoms with Gasteiger partial charge in [-0.3, -0.25) is 20.3 Å². The molecular formula is C19H20N4O3. The van der Waals surface area contributed by atoms with Crippen molar-refractivity contribution in [1.82, 2.24) is 16.2 Å². The van der Waals surface area contributed by atoms with Gasteiger partial charge in [0.25, 0.3) is 5.69 Å². The number of amides is 1. The third kappa shape index (κ3) is 3.07. The van der Waals surface area contributed by atoms with Gasteiger partial charge in [-0.25, -0.2) is 5.43 Å². The number of hydrogen-bond donors (Lipinski definition) is 3. The van der Waals surface area contributed by atoms with E-state index in [2.05, 4.69) is 28.3 Å². The molecule has 2 aliphatic rings. The number of fused-ring (bicyclic) bond motifs is 1. The standard InChI is InChI=1S/C19H20N4O3/c24-19(21-17-10-7-12-3-1-2-4-15(12)17)16-11-20-22-18(16)13-5-8-14(9-6-13)23(25)26/h1-6,8-9,16-18,20,22H,7,10-11H2,(H,21,24). The molecule has 1 amide bonds. The molecule has 26 heavy (non-hydrogen) atoms. The maximum absolute atomic E-state index is 12.9. The zero-order valence-corrected chi connectivity index (χ0v) is 14.1. The summed E-state index contributed by atoms with van der Waals surface area (Å²) in [6, 6.07) is 14.4. The SMILES string of the molecule is O=C(NC1CCc2ccccc21)C1CNNC1c1ccc([N+](=O)[O-])cc1. The third-order valence-electron chi connectivity index (χ3n) is 5.23. The number of hydrazine groups is 1. The van der Waals surface area contributed by atoms with Crippen LogP contribution in [0.25, 0.3) is 0 Å². The predicted molar refractivity (Wildman–Crippen MR) is 96.1 cm³/mol. The Bertz CT molecular complexity index is 837. The van der Waals surface area contributed by atoms with Gasteiger partial charge in [-0.05, 0) is 29.5 Å². The normalized spacial score (nSPS) is 24.2. The smallest absolute Gasteiger partial charge is 0.269 e. The van der Waals surface area contributed by atoms with Gasteiger partial charge in [0.15, 0.2) is 0 Å². The fourth-order valence-corrected chi connectivity index (χ4v) is 3.85. The number of nitrogens with zero attached hydrogens (tertiary/aromatic N) is 1. The monoisotopic (exact) mass is 352 g/mol. The highest BCUT2D eigenvalue weighted by Gasteiger charge is 2.36. The van der Waals surface area contributed by atoms with E-state index in [9.17, 15) is 14.9 Å². The molecule has 3 N–H and O–H groups in total. The molecule has 0 saturated carbocycles. The molecule has 1 fully saturated rings. The first-order valence-corrected chi connectivity index (χ1v) is 8.74. The van der Waals surface area contributed by atoms with Crippen molar-refractivity contribution >= 4 is 11.6 Å². The number of rotatable bonds is 4. The van der Waals surface area contributed by atoms with Gasteiger partial charge in [-0.2, -0.15) is 0 Å². The van der Waals surface area contributed by atoms with Gasteiger partial charge in [-0.1, -0.05) is 36.4 Å². The second-order valence-corrected chi connectivity index (χ2v) is 6.76. The summed E-state index contributed by atoms with van der Waals surface area (Å²) in [7, 11) is 0. The lowest BCUT2D eigenvalue weighted by atomic mass is 9.93. The van der Waals surface area contributed by atoms with Crippen LogP contribution in [0.4, 0.5) is 5.69 Å². The minimum absolute atomic E-state index is 0.00689. The highest BCUT2D eigenvalue weighted by atomic mass is 16.6. The summed E-state index contributed by atoms with van der Waals surface area (Å²) in [5, 5.41) is 14.0. The number of hydrogen-bond acceptors (Lipinski definition) is 5. The number of aryl methyl sites for hydroxylation is 1. The third-order valence-corrected chi connectivity index (χ3v) is 5.23. The zero-order chi connectivity index (χ0) is 18.1. The highest BCUT2D eigenvalue weighted by molar-refractivity contribution is 5.81. The first-order chi connectivity index (χ1) is 12.6. The topological polar surface area (TPSA) is 96.3 Å². The van der Waals surface area contributed by atoms with Crippen LogP contribution in [0.5, 0.6) is 0 Å². The second kappa shape index (κ2) is 6.86. The Kier molecular flexibility index (Phi) is 4.40. The number of nitro groups is 1. The largest absolute Gasteiger partial charge is 0.349 e. The van der Waals surface area contributed by atoms with E-state index >= 15 is 0 Å². The molecular weight excluding hydrogens is 332 g/mol. The van der Waals surface area contributed by atoms with E-state index in [0.717, 1.165) is 18.4 Å². The average molecular weight is 352 g/mol. The predicted octanol–water partition coefficient (Wildman–Crippen LogP) is 2.16. The van der Waals surface area contributed by atoms with Crippen molar-refractivity contribution < 1.29 is 9.72 Å². The average Bonchev–Trinajstić information content (AvgIpc) is 3.29. The molecule has 0 aromatic heterocycles. The number of carbonyl (C=O) groups is 1. The van der Waals surface area contributed by atoms with Gasteiger partial charge < -0.3 is 5.32 Å². The van der Waals surface area contributed by atoms with Crippen molar-refractivity contribution in [3.63, 3.8) is 0 Å². The lowest BCUT2D eigenvalue weighted by Gasteiger charge is -2.21. The van der Waals surface area contributed by atoms with Crippen molar-refractivity contribution in [3.05, 3.63) is 75.3 Å². The van der Waals surface area contributed by atoms with E-state index in [0.29, 0.717) is 6.54 Å². The van der Waals surface area contributed by atoms with Crippen LogP contribution in [0.15, 0.2) is 48.5 Å². The van der Waals surface area contributed by atoms with Crippen LogP contribution in [0.2, 0.25) is 0 Å². The second-order valence-electron chi connectivity index (χ2n) is 6.76. The van der Waals surface area contributed by atoms with E-state index in [-0.39, 0.29) is 29.6 Å². The van der Waals surface area contributed by atoms with Crippen molar-refractivity contribution in [3.8, 4) is 0 Å². The van der Waals surface area contributed by atoms with Crippen LogP contribution in [0.1, 0.15) is 35.2 Å². The van der Waals surface area contributed by atoms with Crippen LogP contribution >= 0.6 is 0 Å². The Morgan fingerprint density at radius 2 is 1.92 bits per heavy atom. The highest BCUT2D eigenvalue weighted by Crippen LogP contribution is 2.32. The summed E-state index contributed by atoms with van der Waals surface area (Å²) in [5.41, 5.74) is 9.55. The van der Waals surface area contributed by atoms with Crippen molar-refractivity contribution in [1.29, 1.82) is 0 Å². The van der Waals surface area contributed by atoms with E-state index in [1.54, 1.807) is 12.1 Å². The molecule has 4 rings (SSSR count). The molecule has 1 aliphatic carbocycles. The first-order valence-electron chi connectivity index (χ1n) is 8.74. The molecule has 3 unspecified atom stereocenters. The number of nitrogens with one attached hydrogen (secondary N) is 3. The van der Waals surface area contributed by atoms with Crippen molar-refractivity contribution in [2.75, 3.05) is 6.54 Å². The molecule has 1 heterocycles. The van der Waals surface area contributed by atoms with Gasteiger partial charge in [0.1, 0.15) is 0 Å². The summed E-state index contributed by atoms with van der Waals surface area (Å²) in [5.74, 6) is -0.281. The van der Waals surface area contributed by atoms with Gasteiger partial charge in [0.2, 0.25) is 5.91 Å². The lowest BCUT2D eigenvalue weighted by Crippen LogP contribution is -2.36. The maximum atomic E-state index is 12.9. The summed E-state index contributed by atoms with van der Waals surface area (Å²) in [6.07, 6.45) is 1.90. The summed E-state index contributed by atoms with van der Waals surface area (Å²) in [6.45, 7) is 0.516. The van der Waals surface area contributed by atoms with Crippen LogP contribution in [0, 0.1) is 16.0 Å². The Morgan fingerprint density at radius 1 is 1.15 bits per heavy atom. The molecule has 7 nitrogen and oxygen atoms in total. The maximum Gasteiger partial charge on any atom is 0.269 e. The minimum atomic E-state index is -0.425. The van der Waals surface area contributed by atoms with Crippen LogP contribution in [-0.2, 0) is 11.2 Å². The van der Waals surface area contributed by atoms with E-state index in [1.165, 1.54) is 23.3 Å². The van der Waals surface area contributed by atoms with E-state index in [4.69, 9.17) is 0 Å². The van der Waals surface area contributed by atoms with Crippen molar-refractivity contribution in [2.45, 2.75) is 24.9 Å².